The summed E-state index contributed by atoms with van der Waals surface area (Å²) in [5.74, 6) is 0.967. The molecule has 0 fully saturated rings. The lowest BCUT2D eigenvalue weighted by atomic mass is 9.87. The van der Waals surface area contributed by atoms with Crippen LogP contribution in [0.3, 0.4) is 0 Å². The summed E-state index contributed by atoms with van der Waals surface area (Å²) < 4.78 is 5.68. The van der Waals surface area contributed by atoms with Gasteiger partial charge in [-0.2, -0.15) is 0 Å². The summed E-state index contributed by atoms with van der Waals surface area (Å²) in [6.45, 7) is 11.6. The van der Waals surface area contributed by atoms with Crippen molar-refractivity contribution in [3.8, 4) is 5.75 Å². The first-order valence-electron chi connectivity index (χ1n) is 6.48. The van der Waals surface area contributed by atoms with Crippen molar-refractivity contribution in [1.82, 2.24) is 5.32 Å². The summed E-state index contributed by atoms with van der Waals surface area (Å²) in [5.41, 5.74) is 1.56. The van der Waals surface area contributed by atoms with Crippen LogP contribution in [0.5, 0.6) is 5.75 Å². The Morgan fingerprint density at radius 1 is 1.12 bits per heavy atom. The fourth-order valence-corrected chi connectivity index (χ4v) is 1.62. The van der Waals surface area contributed by atoms with E-state index in [4.69, 9.17) is 4.74 Å². The molecule has 0 aliphatic rings. The summed E-state index contributed by atoms with van der Waals surface area (Å²) >= 11 is 0. The van der Waals surface area contributed by atoms with Crippen molar-refractivity contribution in [1.29, 1.82) is 0 Å². The van der Waals surface area contributed by atoms with E-state index in [1.807, 2.05) is 0 Å². The van der Waals surface area contributed by atoms with Crippen molar-refractivity contribution in [3.05, 3.63) is 29.8 Å². The first-order chi connectivity index (χ1) is 8.04. The maximum Gasteiger partial charge on any atom is 0.119 e. The van der Waals surface area contributed by atoms with Crippen LogP contribution in [-0.2, 0) is 5.41 Å². The molecule has 2 heteroatoms. The lowest BCUT2D eigenvalue weighted by Crippen LogP contribution is -2.16. The van der Waals surface area contributed by atoms with E-state index in [2.05, 4.69) is 57.3 Å². The number of hydrogen-bond donors (Lipinski definition) is 1. The van der Waals surface area contributed by atoms with Gasteiger partial charge in [0.2, 0.25) is 0 Å². The van der Waals surface area contributed by atoms with Gasteiger partial charge in [0.05, 0.1) is 6.61 Å². The molecule has 96 valence electrons. The van der Waals surface area contributed by atoms with Crippen molar-refractivity contribution >= 4 is 0 Å². The van der Waals surface area contributed by atoms with E-state index in [0.29, 0.717) is 0 Å². The normalized spacial score (nSPS) is 11.5. The molecule has 0 heterocycles. The molecule has 0 spiro atoms. The Bertz CT molecular complexity index is 311. The third-order valence-corrected chi connectivity index (χ3v) is 2.74. The van der Waals surface area contributed by atoms with Crippen molar-refractivity contribution in [2.45, 2.75) is 39.5 Å². The number of ether oxygens (including phenoxy) is 1. The van der Waals surface area contributed by atoms with Gasteiger partial charge in [-0.1, -0.05) is 39.8 Å². The van der Waals surface area contributed by atoms with Crippen LogP contribution in [0.25, 0.3) is 0 Å². The number of benzene rings is 1. The third-order valence-electron chi connectivity index (χ3n) is 2.74. The molecule has 1 N–H and O–H groups in total. The van der Waals surface area contributed by atoms with Crippen LogP contribution in [0.15, 0.2) is 24.3 Å². The van der Waals surface area contributed by atoms with Gasteiger partial charge in [0, 0.05) is 0 Å². The molecule has 0 atom stereocenters. The molecule has 0 saturated carbocycles. The summed E-state index contributed by atoms with van der Waals surface area (Å²) in [6.07, 6.45) is 1.05. The van der Waals surface area contributed by atoms with Crippen LogP contribution in [0.1, 0.15) is 39.7 Å². The van der Waals surface area contributed by atoms with Gasteiger partial charge in [0.15, 0.2) is 0 Å². The molecule has 17 heavy (non-hydrogen) atoms. The Morgan fingerprint density at radius 3 is 2.29 bits per heavy atom. The topological polar surface area (TPSA) is 21.3 Å². The second-order valence-electron chi connectivity index (χ2n) is 5.33. The zero-order valence-electron chi connectivity index (χ0n) is 11.5. The van der Waals surface area contributed by atoms with Crippen LogP contribution in [0.2, 0.25) is 0 Å². The fourth-order valence-electron chi connectivity index (χ4n) is 1.62. The Kier molecular flexibility index (Phi) is 5.49. The Labute approximate surface area is 105 Å². The van der Waals surface area contributed by atoms with E-state index >= 15 is 0 Å². The zero-order chi connectivity index (χ0) is 12.7. The van der Waals surface area contributed by atoms with Gasteiger partial charge in [-0.05, 0) is 42.6 Å². The van der Waals surface area contributed by atoms with Crippen LogP contribution in [0.4, 0.5) is 0 Å². The number of hydrogen-bond acceptors (Lipinski definition) is 2. The monoisotopic (exact) mass is 235 g/mol. The molecule has 1 aromatic rings. The minimum absolute atomic E-state index is 0.212. The average molecular weight is 235 g/mol. The molecule has 2 nitrogen and oxygen atoms in total. The van der Waals surface area contributed by atoms with Gasteiger partial charge >= 0.3 is 0 Å². The average Bonchev–Trinajstić information content (AvgIpc) is 2.28. The van der Waals surface area contributed by atoms with Gasteiger partial charge in [0.1, 0.15) is 5.75 Å². The van der Waals surface area contributed by atoms with Crippen LogP contribution >= 0.6 is 0 Å². The minimum atomic E-state index is 0.212. The molecule has 0 aromatic heterocycles. The Morgan fingerprint density at radius 2 is 1.76 bits per heavy atom. The van der Waals surface area contributed by atoms with Crippen molar-refractivity contribution < 1.29 is 4.74 Å². The summed E-state index contributed by atoms with van der Waals surface area (Å²) in [6, 6.07) is 8.43. The number of nitrogens with one attached hydrogen (secondary N) is 1. The quantitative estimate of drug-likeness (QED) is 0.763. The van der Waals surface area contributed by atoms with E-state index in [9.17, 15) is 0 Å². The van der Waals surface area contributed by atoms with Crippen LogP contribution in [0, 0.1) is 0 Å². The first-order valence-corrected chi connectivity index (χ1v) is 6.48. The molecule has 1 aromatic carbocycles. The van der Waals surface area contributed by atoms with Gasteiger partial charge in [-0.25, -0.2) is 0 Å². The smallest absolute Gasteiger partial charge is 0.119 e. The molecule has 0 aliphatic carbocycles. The van der Waals surface area contributed by atoms with Crippen LogP contribution < -0.4 is 10.1 Å². The maximum atomic E-state index is 5.68. The standard InChI is InChI=1S/C15H25NO/c1-5-16-11-6-12-17-14-9-7-13(8-10-14)15(2,3)4/h7-10,16H,5-6,11-12H2,1-4H3. The van der Waals surface area contributed by atoms with Gasteiger partial charge in [0.25, 0.3) is 0 Å². The van der Waals surface area contributed by atoms with E-state index in [0.717, 1.165) is 31.9 Å². The maximum absolute atomic E-state index is 5.68. The van der Waals surface area contributed by atoms with E-state index in [1.54, 1.807) is 0 Å². The predicted octanol–water partition coefficient (Wildman–Crippen LogP) is 3.36. The van der Waals surface area contributed by atoms with Gasteiger partial charge < -0.3 is 10.1 Å². The Hall–Kier alpha value is -1.02. The molecule has 1 rings (SSSR count). The Balaban J connectivity index is 2.36. The molecule has 0 saturated heterocycles. The lowest BCUT2D eigenvalue weighted by molar-refractivity contribution is 0.308. The van der Waals surface area contributed by atoms with E-state index in [-0.39, 0.29) is 5.41 Å². The zero-order valence-corrected chi connectivity index (χ0v) is 11.5. The molecular weight excluding hydrogens is 210 g/mol. The summed E-state index contributed by atoms with van der Waals surface area (Å²) in [4.78, 5) is 0. The highest BCUT2D eigenvalue weighted by molar-refractivity contribution is 5.31. The molecule has 0 amide bonds. The number of rotatable bonds is 6. The van der Waals surface area contributed by atoms with Gasteiger partial charge in [-0.3, -0.25) is 0 Å². The molecule has 0 radical (unpaired) electrons. The minimum Gasteiger partial charge on any atom is -0.494 e. The fraction of sp³-hybridized carbons (Fsp3) is 0.600. The first kappa shape index (κ1) is 14.0. The second-order valence-corrected chi connectivity index (χ2v) is 5.33. The second kappa shape index (κ2) is 6.65. The predicted molar refractivity (Wildman–Crippen MR) is 73.8 cm³/mol. The van der Waals surface area contributed by atoms with Crippen molar-refractivity contribution in [2.24, 2.45) is 0 Å². The highest BCUT2D eigenvalue weighted by Gasteiger charge is 2.12. The lowest BCUT2D eigenvalue weighted by Gasteiger charge is -2.19. The SMILES string of the molecule is CCNCCCOc1ccc(C(C)(C)C)cc1. The molecule has 0 bridgehead atoms. The van der Waals surface area contributed by atoms with Crippen LogP contribution in [-0.4, -0.2) is 19.7 Å². The van der Waals surface area contributed by atoms with Gasteiger partial charge in [-0.15, -0.1) is 0 Å². The van der Waals surface area contributed by atoms with E-state index in [1.165, 1.54) is 5.56 Å². The summed E-state index contributed by atoms with van der Waals surface area (Å²) in [5, 5.41) is 3.28. The third kappa shape index (κ3) is 5.22. The molecule has 0 unspecified atom stereocenters. The molecular formula is C15H25NO. The van der Waals surface area contributed by atoms with Crippen molar-refractivity contribution in [3.63, 3.8) is 0 Å². The van der Waals surface area contributed by atoms with E-state index < -0.39 is 0 Å². The molecule has 0 aliphatic heterocycles. The van der Waals surface area contributed by atoms with Crippen molar-refractivity contribution in [2.75, 3.05) is 19.7 Å². The highest BCUT2D eigenvalue weighted by atomic mass is 16.5. The summed E-state index contributed by atoms with van der Waals surface area (Å²) in [7, 11) is 0. The largest absolute Gasteiger partial charge is 0.494 e. The highest BCUT2D eigenvalue weighted by Crippen LogP contribution is 2.24.